The number of carboxylic acids is 1. The Kier molecular flexibility index (Phi) is 13.6. The van der Waals surface area contributed by atoms with Crippen molar-refractivity contribution in [2.24, 2.45) is 11.8 Å². The molecule has 142 valence electrons. The third kappa shape index (κ3) is 12.3. The molecule has 0 aromatic heterocycles. The molecule has 0 fully saturated rings. The highest BCUT2D eigenvalue weighted by atomic mass is 16.4. The lowest BCUT2D eigenvalue weighted by molar-refractivity contribution is -0.137. The van der Waals surface area contributed by atoms with Crippen LogP contribution in [0.4, 0.5) is 0 Å². The standard InChI is InChI=1S/C20H32O5/c1-3-4-7-11-19(16(2)22)17(15-21)13-14-18(23)10-8-5-6-9-12-20(24)25/h5,8,13-15,17-19,23H,3-4,6-7,9-12H2,1-2H3,(H,24,25)/b8-5-,14-13+/t17-,18-,19+/m1/s1. The summed E-state index contributed by atoms with van der Waals surface area (Å²) >= 11 is 0. The lowest BCUT2D eigenvalue weighted by atomic mass is 9.85. The van der Waals surface area contributed by atoms with Crippen molar-refractivity contribution in [3.63, 3.8) is 0 Å². The summed E-state index contributed by atoms with van der Waals surface area (Å²) in [5.74, 6) is -1.62. The van der Waals surface area contributed by atoms with Crippen LogP contribution in [0.3, 0.4) is 0 Å². The number of aliphatic hydroxyl groups is 1. The van der Waals surface area contributed by atoms with Crippen LogP contribution < -0.4 is 0 Å². The molecule has 0 saturated heterocycles. The van der Waals surface area contributed by atoms with Crippen LogP contribution in [-0.2, 0) is 14.4 Å². The monoisotopic (exact) mass is 352 g/mol. The Balaban J connectivity index is 4.40. The molecule has 0 bridgehead atoms. The third-order valence-corrected chi connectivity index (χ3v) is 4.12. The van der Waals surface area contributed by atoms with Gasteiger partial charge < -0.3 is 15.0 Å². The first kappa shape index (κ1) is 23.2. The molecule has 0 spiro atoms. The minimum absolute atomic E-state index is 0.00525. The molecule has 0 aliphatic heterocycles. The Morgan fingerprint density at radius 2 is 1.80 bits per heavy atom. The van der Waals surface area contributed by atoms with Crippen LogP contribution in [-0.4, -0.2) is 34.4 Å². The Morgan fingerprint density at radius 3 is 2.36 bits per heavy atom. The highest BCUT2D eigenvalue weighted by Gasteiger charge is 2.22. The zero-order valence-corrected chi connectivity index (χ0v) is 15.4. The first-order valence-electron chi connectivity index (χ1n) is 9.11. The number of ketones is 1. The fourth-order valence-corrected chi connectivity index (χ4v) is 2.62. The first-order valence-corrected chi connectivity index (χ1v) is 9.11. The van der Waals surface area contributed by atoms with E-state index in [4.69, 9.17) is 5.11 Å². The molecule has 0 saturated carbocycles. The van der Waals surface area contributed by atoms with Gasteiger partial charge in [-0.05, 0) is 32.6 Å². The summed E-state index contributed by atoms with van der Waals surface area (Å²) in [6, 6.07) is 0. The predicted molar refractivity (Wildman–Crippen MR) is 98.3 cm³/mol. The van der Waals surface area contributed by atoms with Gasteiger partial charge in [-0.15, -0.1) is 0 Å². The number of allylic oxidation sites excluding steroid dienone is 2. The molecule has 0 aromatic carbocycles. The van der Waals surface area contributed by atoms with Crippen molar-refractivity contribution in [2.75, 3.05) is 0 Å². The van der Waals surface area contributed by atoms with Crippen LogP contribution in [0.1, 0.15) is 65.2 Å². The van der Waals surface area contributed by atoms with E-state index in [0.29, 0.717) is 25.7 Å². The number of Topliss-reactive ketones (excluding diaryl/α,β-unsaturated/α-hetero) is 1. The van der Waals surface area contributed by atoms with E-state index in [1.165, 1.54) is 6.92 Å². The van der Waals surface area contributed by atoms with Crippen molar-refractivity contribution in [1.82, 2.24) is 0 Å². The summed E-state index contributed by atoms with van der Waals surface area (Å²) in [5.41, 5.74) is 0. The minimum atomic E-state index is -0.810. The van der Waals surface area contributed by atoms with Crippen LogP contribution in [0.15, 0.2) is 24.3 Å². The second-order valence-electron chi connectivity index (χ2n) is 6.37. The molecule has 0 aliphatic carbocycles. The molecule has 0 heterocycles. The van der Waals surface area contributed by atoms with Gasteiger partial charge in [0.05, 0.1) is 6.10 Å². The molecule has 0 radical (unpaired) electrons. The zero-order valence-electron chi connectivity index (χ0n) is 15.4. The van der Waals surface area contributed by atoms with Crippen molar-refractivity contribution in [1.29, 1.82) is 0 Å². The van der Waals surface area contributed by atoms with Crippen LogP contribution >= 0.6 is 0 Å². The topological polar surface area (TPSA) is 91.7 Å². The van der Waals surface area contributed by atoms with Crippen LogP contribution in [0.25, 0.3) is 0 Å². The minimum Gasteiger partial charge on any atom is -0.481 e. The lowest BCUT2D eigenvalue weighted by Gasteiger charge is -2.17. The maximum atomic E-state index is 11.8. The number of carbonyl (C=O) groups excluding carboxylic acids is 2. The van der Waals surface area contributed by atoms with E-state index in [9.17, 15) is 19.5 Å². The van der Waals surface area contributed by atoms with Gasteiger partial charge in [0.1, 0.15) is 12.1 Å². The molecule has 5 nitrogen and oxygen atoms in total. The summed E-state index contributed by atoms with van der Waals surface area (Å²) in [6.45, 7) is 3.60. The summed E-state index contributed by atoms with van der Waals surface area (Å²) in [4.78, 5) is 33.5. The molecule has 25 heavy (non-hydrogen) atoms. The summed E-state index contributed by atoms with van der Waals surface area (Å²) in [7, 11) is 0. The molecule has 0 rings (SSSR count). The Bertz CT molecular complexity index is 453. The molecule has 0 aromatic rings. The van der Waals surface area contributed by atoms with Gasteiger partial charge in [-0.3, -0.25) is 9.59 Å². The van der Waals surface area contributed by atoms with Crippen molar-refractivity contribution in [2.45, 2.75) is 71.3 Å². The van der Waals surface area contributed by atoms with Gasteiger partial charge in [0.25, 0.3) is 0 Å². The summed E-state index contributed by atoms with van der Waals surface area (Å²) < 4.78 is 0. The largest absolute Gasteiger partial charge is 0.481 e. The van der Waals surface area contributed by atoms with Gasteiger partial charge in [0.2, 0.25) is 0 Å². The highest BCUT2D eigenvalue weighted by molar-refractivity contribution is 5.82. The number of aldehydes is 1. The summed E-state index contributed by atoms with van der Waals surface area (Å²) in [5, 5.41) is 18.5. The normalized spacial score (nSPS) is 15.3. The number of aliphatic carboxylic acids is 1. The van der Waals surface area contributed by atoms with Crippen LogP contribution in [0, 0.1) is 11.8 Å². The highest BCUT2D eigenvalue weighted by Crippen LogP contribution is 2.21. The molecule has 0 amide bonds. The molecule has 2 N–H and O–H groups in total. The number of aliphatic hydroxyl groups excluding tert-OH is 1. The van der Waals surface area contributed by atoms with Gasteiger partial charge in [0.15, 0.2) is 0 Å². The lowest BCUT2D eigenvalue weighted by Crippen LogP contribution is -2.22. The average Bonchev–Trinajstić information content (AvgIpc) is 2.56. The smallest absolute Gasteiger partial charge is 0.303 e. The second kappa shape index (κ2) is 14.6. The average molecular weight is 352 g/mol. The van der Waals surface area contributed by atoms with Gasteiger partial charge in [0, 0.05) is 18.3 Å². The van der Waals surface area contributed by atoms with Crippen LogP contribution in [0.5, 0.6) is 0 Å². The van der Waals surface area contributed by atoms with Crippen molar-refractivity contribution < 1.29 is 24.6 Å². The van der Waals surface area contributed by atoms with E-state index in [2.05, 4.69) is 6.92 Å². The number of rotatable bonds is 15. The Labute approximate surface area is 150 Å². The first-order chi connectivity index (χ1) is 11.9. The maximum absolute atomic E-state index is 11.8. The van der Waals surface area contributed by atoms with E-state index in [1.54, 1.807) is 18.2 Å². The van der Waals surface area contributed by atoms with E-state index < -0.39 is 18.0 Å². The number of carbonyl (C=O) groups is 3. The van der Waals surface area contributed by atoms with Gasteiger partial charge in [-0.1, -0.05) is 50.5 Å². The summed E-state index contributed by atoms with van der Waals surface area (Å²) in [6.07, 6.45) is 12.4. The third-order valence-electron chi connectivity index (χ3n) is 4.12. The Hall–Kier alpha value is -1.75. The predicted octanol–water partition coefficient (Wildman–Crippen LogP) is 3.71. The zero-order chi connectivity index (χ0) is 19.1. The molecule has 3 atom stereocenters. The molecule has 0 unspecified atom stereocenters. The molecule has 5 heteroatoms. The fraction of sp³-hybridized carbons (Fsp3) is 0.650. The Morgan fingerprint density at radius 1 is 1.08 bits per heavy atom. The molecule has 0 aliphatic rings. The van der Waals surface area contributed by atoms with E-state index in [-0.39, 0.29) is 18.1 Å². The van der Waals surface area contributed by atoms with Gasteiger partial charge >= 0.3 is 5.97 Å². The second-order valence-corrected chi connectivity index (χ2v) is 6.37. The number of hydrogen-bond acceptors (Lipinski definition) is 4. The quantitative estimate of drug-likeness (QED) is 0.266. The molecular formula is C20H32O5. The van der Waals surface area contributed by atoms with Gasteiger partial charge in [-0.2, -0.15) is 0 Å². The fourth-order valence-electron chi connectivity index (χ4n) is 2.62. The van der Waals surface area contributed by atoms with E-state index >= 15 is 0 Å². The van der Waals surface area contributed by atoms with Crippen molar-refractivity contribution in [3.8, 4) is 0 Å². The van der Waals surface area contributed by atoms with Crippen molar-refractivity contribution >= 4 is 18.0 Å². The maximum Gasteiger partial charge on any atom is 0.303 e. The number of unbranched alkanes of at least 4 members (excludes halogenated alkanes) is 3. The van der Waals surface area contributed by atoms with E-state index in [0.717, 1.165) is 25.5 Å². The van der Waals surface area contributed by atoms with E-state index in [1.807, 2.05) is 6.08 Å². The SMILES string of the molecule is CCCCC[C@@H](C(C)=O)[C@@H](C=O)/C=C/[C@H](O)C/C=C\CCCC(=O)O. The number of carboxylic acid groups (broad SMARTS) is 1. The van der Waals surface area contributed by atoms with Crippen LogP contribution in [0.2, 0.25) is 0 Å². The number of hydrogen-bond donors (Lipinski definition) is 2. The molecular weight excluding hydrogens is 320 g/mol. The van der Waals surface area contributed by atoms with Crippen molar-refractivity contribution in [3.05, 3.63) is 24.3 Å². The van der Waals surface area contributed by atoms with Gasteiger partial charge in [-0.25, -0.2) is 0 Å².